The van der Waals surface area contributed by atoms with Gasteiger partial charge in [0.2, 0.25) is 0 Å². The van der Waals surface area contributed by atoms with Gasteiger partial charge in [0.1, 0.15) is 17.3 Å². The number of halogens is 1. The number of carbonyl (C=O) groups excluding carboxylic acids is 2. The fraction of sp³-hybridized carbons (Fsp3) is 0.385. The van der Waals surface area contributed by atoms with Crippen molar-refractivity contribution in [1.82, 2.24) is 4.90 Å². The van der Waals surface area contributed by atoms with Gasteiger partial charge in [0.05, 0.1) is 29.9 Å². The lowest BCUT2D eigenvalue weighted by atomic mass is 9.94. The van der Waals surface area contributed by atoms with Crippen LogP contribution in [0.5, 0.6) is 11.5 Å². The highest BCUT2D eigenvalue weighted by molar-refractivity contribution is 6.46. The maximum Gasteiger partial charge on any atom is 0.295 e. The smallest absolute Gasteiger partial charge is 0.295 e. The number of hydrogen-bond acceptors (Lipinski definition) is 5. The van der Waals surface area contributed by atoms with Crippen molar-refractivity contribution >= 4 is 29.1 Å². The van der Waals surface area contributed by atoms with Crippen LogP contribution in [0, 0.1) is 0 Å². The maximum atomic E-state index is 13.2. The molecular weight excluding hydrogens is 442 g/mol. The Kier molecular flexibility index (Phi) is 6.66. The first-order chi connectivity index (χ1) is 15.8. The van der Waals surface area contributed by atoms with E-state index in [1.807, 2.05) is 38.1 Å². The topological polar surface area (TPSA) is 76.1 Å². The number of benzene rings is 2. The second-order valence-electron chi connectivity index (χ2n) is 8.73. The Morgan fingerprint density at radius 2 is 1.76 bits per heavy atom. The number of Topliss-reactive ketones (excluding diaryl/α,β-unsaturated/α-hetero) is 1. The molecule has 33 heavy (non-hydrogen) atoms. The first kappa shape index (κ1) is 23.2. The quantitative estimate of drug-likeness (QED) is 0.343. The molecule has 0 bridgehead atoms. The summed E-state index contributed by atoms with van der Waals surface area (Å²) in [6.45, 7) is 3.89. The number of likely N-dealkylation sites (tertiary alicyclic amines) is 1. The van der Waals surface area contributed by atoms with E-state index >= 15 is 0 Å². The van der Waals surface area contributed by atoms with Crippen LogP contribution >= 0.6 is 11.6 Å². The zero-order valence-corrected chi connectivity index (χ0v) is 19.8. The highest BCUT2D eigenvalue weighted by Crippen LogP contribution is 2.44. The molecule has 1 atom stereocenters. The molecule has 0 aromatic heterocycles. The van der Waals surface area contributed by atoms with E-state index in [0.29, 0.717) is 22.1 Å². The molecule has 4 rings (SSSR count). The molecule has 1 aliphatic carbocycles. The first-order valence-electron chi connectivity index (χ1n) is 11.2. The molecule has 2 fully saturated rings. The van der Waals surface area contributed by atoms with Gasteiger partial charge in [-0.3, -0.25) is 9.59 Å². The molecule has 1 unspecified atom stereocenters. The zero-order valence-electron chi connectivity index (χ0n) is 19.0. The van der Waals surface area contributed by atoms with Crippen molar-refractivity contribution in [2.75, 3.05) is 7.11 Å². The number of rotatable bonds is 6. The molecule has 1 N–H and O–H groups in total. The lowest BCUT2D eigenvalue weighted by Gasteiger charge is -2.31. The molecule has 1 saturated carbocycles. The van der Waals surface area contributed by atoms with Gasteiger partial charge in [-0.05, 0) is 62.6 Å². The molecule has 0 radical (unpaired) electrons. The summed E-state index contributed by atoms with van der Waals surface area (Å²) in [7, 11) is 1.50. The standard InChI is InChI=1S/C26H28ClNO5/c1-15(2)33-19-11-8-16(9-12-19)23-22(24(29)17-10-13-21(32-3)20(27)14-17)25(30)26(31)28(23)18-6-4-5-7-18/h8-15,18,23,29H,4-7H2,1-3H3/b24-22-. The fourth-order valence-corrected chi connectivity index (χ4v) is 4.96. The Balaban J connectivity index is 1.82. The summed E-state index contributed by atoms with van der Waals surface area (Å²) in [5.41, 5.74) is 1.18. The Morgan fingerprint density at radius 1 is 1.09 bits per heavy atom. The normalized spacial score (nSPS) is 20.6. The second-order valence-corrected chi connectivity index (χ2v) is 9.14. The fourth-order valence-electron chi connectivity index (χ4n) is 4.71. The molecule has 2 aliphatic rings. The van der Waals surface area contributed by atoms with Gasteiger partial charge < -0.3 is 19.5 Å². The van der Waals surface area contributed by atoms with E-state index in [1.54, 1.807) is 17.0 Å². The van der Waals surface area contributed by atoms with Gasteiger partial charge in [-0.2, -0.15) is 0 Å². The van der Waals surface area contributed by atoms with Gasteiger partial charge in [-0.1, -0.05) is 36.6 Å². The Hall–Kier alpha value is -2.99. The predicted octanol–water partition coefficient (Wildman–Crippen LogP) is 5.50. The van der Waals surface area contributed by atoms with Crippen LogP contribution in [0.4, 0.5) is 0 Å². The average Bonchev–Trinajstić information content (AvgIpc) is 3.40. The lowest BCUT2D eigenvalue weighted by Crippen LogP contribution is -2.37. The number of carbonyl (C=O) groups is 2. The van der Waals surface area contributed by atoms with Crippen LogP contribution in [0.3, 0.4) is 0 Å². The first-order valence-corrected chi connectivity index (χ1v) is 11.6. The molecule has 174 valence electrons. The summed E-state index contributed by atoms with van der Waals surface area (Å²) in [6, 6.07) is 11.4. The van der Waals surface area contributed by atoms with Crippen molar-refractivity contribution < 1.29 is 24.2 Å². The highest BCUT2D eigenvalue weighted by atomic mass is 35.5. The molecule has 2 aromatic carbocycles. The minimum atomic E-state index is -0.682. The van der Waals surface area contributed by atoms with Crippen LogP contribution < -0.4 is 9.47 Å². The van der Waals surface area contributed by atoms with Gasteiger partial charge in [-0.25, -0.2) is 0 Å². The van der Waals surface area contributed by atoms with Crippen molar-refractivity contribution in [2.45, 2.75) is 57.7 Å². The van der Waals surface area contributed by atoms with Crippen LogP contribution in [-0.4, -0.2) is 41.0 Å². The average molecular weight is 470 g/mol. The van der Waals surface area contributed by atoms with E-state index in [9.17, 15) is 14.7 Å². The van der Waals surface area contributed by atoms with Crippen LogP contribution in [0.1, 0.15) is 56.7 Å². The van der Waals surface area contributed by atoms with Crippen molar-refractivity contribution in [1.29, 1.82) is 0 Å². The highest BCUT2D eigenvalue weighted by Gasteiger charge is 2.49. The summed E-state index contributed by atoms with van der Waals surface area (Å²) < 4.78 is 10.9. The van der Waals surface area contributed by atoms with Crippen LogP contribution in [-0.2, 0) is 9.59 Å². The second kappa shape index (κ2) is 9.48. The number of amides is 1. The van der Waals surface area contributed by atoms with Crippen molar-refractivity contribution in [2.24, 2.45) is 0 Å². The van der Waals surface area contributed by atoms with E-state index in [1.165, 1.54) is 13.2 Å². The predicted molar refractivity (Wildman–Crippen MR) is 127 cm³/mol. The number of nitrogens with zero attached hydrogens (tertiary/aromatic N) is 1. The summed E-state index contributed by atoms with van der Waals surface area (Å²) >= 11 is 6.26. The van der Waals surface area contributed by atoms with E-state index in [0.717, 1.165) is 31.2 Å². The van der Waals surface area contributed by atoms with E-state index < -0.39 is 17.7 Å². The van der Waals surface area contributed by atoms with Crippen molar-refractivity contribution in [3.63, 3.8) is 0 Å². The third-order valence-electron chi connectivity index (χ3n) is 6.19. The van der Waals surface area contributed by atoms with E-state index in [2.05, 4.69) is 0 Å². The van der Waals surface area contributed by atoms with Crippen LogP contribution in [0.2, 0.25) is 5.02 Å². The molecular formula is C26H28ClNO5. The molecule has 1 amide bonds. The van der Waals surface area contributed by atoms with Gasteiger partial charge in [-0.15, -0.1) is 0 Å². The maximum absolute atomic E-state index is 13.2. The van der Waals surface area contributed by atoms with Gasteiger partial charge in [0, 0.05) is 11.6 Å². The summed E-state index contributed by atoms with van der Waals surface area (Å²) in [5.74, 6) is -0.342. The number of ketones is 1. The number of ether oxygens (including phenoxy) is 2. The summed E-state index contributed by atoms with van der Waals surface area (Å²) in [5, 5.41) is 11.5. The van der Waals surface area contributed by atoms with Crippen LogP contribution in [0.25, 0.3) is 5.76 Å². The minimum Gasteiger partial charge on any atom is -0.507 e. The lowest BCUT2D eigenvalue weighted by molar-refractivity contribution is -0.141. The molecule has 1 saturated heterocycles. The van der Waals surface area contributed by atoms with Gasteiger partial charge in [0.25, 0.3) is 11.7 Å². The SMILES string of the molecule is COc1ccc(/C(O)=C2/C(=O)C(=O)N(C3CCCC3)C2c2ccc(OC(C)C)cc2)cc1Cl. The number of methoxy groups -OCH3 is 1. The Morgan fingerprint density at radius 3 is 2.33 bits per heavy atom. The minimum absolute atomic E-state index is 0.0276. The Bertz CT molecular complexity index is 1090. The summed E-state index contributed by atoms with van der Waals surface area (Å²) in [4.78, 5) is 28.0. The molecule has 1 heterocycles. The van der Waals surface area contributed by atoms with Crippen molar-refractivity contribution in [3.05, 3.63) is 64.2 Å². The Labute approximate surface area is 198 Å². The largest absolute Gasteiger partial charge is 0.507 e. The number of aliphatic hydroxyl groups excluding tert-OH is 1. The molecule has 1 aliphatic heterocycles. The van der Waals surface area contributed by atoms with Gasteiger partial charge in [0.15, 0.2) is 0 Å². The number of hydrogen-bond donors (Lipinski definition) is 1. The third kappa shape index (κ3) is 4.44. The molecule has 0 spiro atoms. The van der Waals surface area contributed by atoms with Crippen LogP contribution in [0.15, 0.2) is 48.0 Å². The summed E-state index contributed by atoms with van der Waals surface area (Å²) in [6.07, 6.45) is 3.73. The molecule has 6 nitrogen and oxygen atoms in total. The van der Waals surface area contributed by atoms with Gasteiger partial charge >= 0.3 is 0 Å². The number of aliphatic hydroxyl groups is 1. The molecule has 7 heteroatoms. The van der Waals surface area contributed by atoms with Crippen molar-refractivity contribution in [3.8, 4) is 11.5 Å². The van der Waals surface area contributed by atoms with E-state index in [-0.39, 0.29) is 23.5 Å². The van der Waals surface area contributed by atoms with E-state index in [4.69, 9.17) is 21.1 Å². The third-order valence-corrected chi connectivity index (χ3v) is 6.49. The molecule has 2 aromatic rings. The monoisotopic (exact) mass is 469 g/mol. The zero-order chi connectivity index (χ0) is 23.7.